The van der Waals surface area contributed by atoms with E-state index in [9.17, 15) is 18.3 Å². The quantitative estimate of drug-likeness (QED) is 0.278. The second kappa shape index (κ2) is 9.91. The molecular formula is C27H26F3N3O3. The zero-order chi connectivity index (χ0) is 25.3. The fraction of sp³-hybridized carbons (Fsp3) is 0.333. The number of halogens is 3. The molecule has 0 radical (unpaired) electrons. The number of alkyl halides is 3. The van der Waals surface area contributed by atoms with Crippen LogP contribution in [0.3, 0.4) is 0 Å². The zero-order valence-corrected chi connectivity index (χ0v) is 19.6. The Bertz CT molecular complexity index is 1280. The van der Waals surface area contributed by atoms with Gasteiger partial charge in [0.15, 0.2) is 5.76 Å². The minimum absolute atomic E-state index is 0.166. The molecule has 0 amide bonds. The van der Waals surface area contributed by atoms with Gasteiger partial charge in [-0.25, -0.2) is 0 Å². The Labute approximate surface area is 206 Å². The van der Waals surface area contributed by atoms with Crippen LogP contribution in [0.15, 0.2) is 63.8 Å². The molecule has 1 unspecified atom stereocenters. The molecule has 2 heterocycles. The van der Waals surface area contributed by atoms with E-state index in [2.05, 4.69) is 28.0 Å². The highest BCUT2D eigenvalue weighted by atomic mass is 19.4. The summed E-state index contributed by atoms with van der Waals surface area (Å²) in [4.78, 5) is 7.24. The fourth-order valence-electron chi connectivity index (χ4n) is 5.01. The molecule has 1 saturated heterocycles. The molecule has 9 heteroatoms. The Kier molecular flexibility index (Phi) is 6.68. The number of hydrogen-bond donors (Lipinski definition) is 1. The number of allylic oxidation sites excluding steroid dienone is 1. The lowest BCUT2D eigenvalue weighted by Crippen LogP contribution is -2.21. The van der Waals surface area contributed by atoms with Crippen molar-refractivity contribution in [2.24, 2.45) is 5.16 Å². The van der Waals surface area contributed by atoms with E-state index in [1.807, 2.05) is 12.1 Å². The van der Waals surface area contributed by atoms with Gasteiger partial charge in [0.25, 0.3) is 0 Å². The summed E-state index contributed by atoms with van der Waals surface area (Å²) in [7, 11) is 0. The lowest BCUT2D eigenvalue weighted by atomic mass is 9.87. The average molecular weight is 498 g/mol. The molecular weight excluding hydrogens is 471 g/mol. The second-order valence-electron chi connectivity index (χ2n) is 9.17. The van der Waals surface area contributed by atoms with Crippen molar-refractivity contribution in [3.05, 3.63) is 82.1 Å². The van der Waals surface area contributed by atoms with Gasteiger partial charge in [0.05, 0.1) is 11.7 Å². The summed E-state index contributed by atoms with van der Waals surface area (Å²) < 4.78 is 48.1. The van der Waals surface area contributed by atoms with Gasteiger partial charge in [-0.05, 0) is 30.4 Å². The molecule has 188 valence electrons. The highest BCUT2D eigenvalue weighted by Gasteiger charge is 2.40. The summed E-state index contributed by atoms with van der Waals surface area (Å²) in [6.45, 7) is 5.48. The minimum Gasteiger partial charge on any atom is -0.392 e. The number of fused-ring (bicyclic) bond motifs is 3. The summed E-state index contributed by atoms with van der Waals surface area (Å²) in [6, 6.07) is 14.1. The van der Waals surface area contributed by atoms with Crippen LogP contribution in [-0.2, 0) is 30.6 Å². The second-order valence-corrected chi connectivity index (χ2v) is 9.17. The predicted octanol–water partition coefficient (Wildman–Crippen LogP) is 5.16. The van der Waals surface area contributed by atoms with Crippen molar-refractivity contribution in [3.63, 3.8) is 0 Å². The molecule has 0 bridgehead atoms. The maximum atomic E-state index is 14.2. The molecule has 36 heavy (non-hydrogen) atoms. The summed E-state index contributed by atoms with van der Waals surface area (Å²) in [5, 5.41) is 17.2. The van der Waals surface area contributed by atoms with E-state index in [1.165, 1.54) is 12.1 Å². The monoisotopic (exact) mass is 497 g/mol. The van der Waals surface area contributed by atoms with Crippen LogP contribution in [0.1, 0.15) is 34.4 Å². The molecule has 2 aromatic carbocycles. The van der Waals surface area contributed by atoms with Crippen LogP contribution in [-0.4, -0.2) is 47.3 Å². The predicted molar refractivity (Wildman–Crippen MR) is 129 cm³/mol. The van der Waals surface area contributed by atoms with Gasteiger partial charge in [-0.1, -0.05) is 58.8 Å². The molecule has 6 nitrogen and oxygen atoms in total. The number of hydrogen-bond acceptors (Lipinski definition) is 6. The van der Waals surface area contributed by atoms with Crippen LogP contribution in [0.4, 0.5) is 13.2 Å². The van der Waals surface area contributed by atoms with E-state index in [4.69, 9.17) is 9.36 Å². The van der Waals surface area contributed by atoms with Crippen LogP contribution in [0.2, 0.25) is 0 Å². The largest absolute Gasteiger partial charge is 0.416 e. The molecule has 3 aromatic rings. The summed E-state index contributed by atoms with van der Waals surface area (Å²) in [5.41, 5.74) is 3.71. The number of aliphatic hydroxyl groups excluding tert-OH is 1. The minimum atomic E-state index is -4.68. The normalized spacial score (nSPS) is 18.4. The Morgan fingerprint density at radius 2 is 2.00 bits per heavy atom. The maximum Gasteiger partial charge on any atom is 0.416 e. The van der Waals surface area contributed by atoms with Crippen LogP contribution in [0.5, 0.6) is 0 Å². The third kappa shape index (κ3) is 4.94. The van der Waals surface area contributed by atoms with Crippen molar-refractivity contribution in [2.75, 3.05) is 13.1 Å². The van der Waals surface area contributed by atoms with E-state index >= 15 is 0 Å². The van der Waals surface area contributed by atoms with E-state index < -0.39 is 23.9 Å². The molecule has 0 saturated carbocycles. The van der Waals surface area contributed by atoms with Gasteiger partial charge >= 0.3 is 6.18 Å². The lowest BCUT2D eigenvalue weighted by molar-refractivity contribution is -0.0945. The zero-order valence-electron chi connectivity index (χ0n) is 19.6. The standard InChI is InChI=1S/C27H26F3N3O3/c1-31-36-26(18-5-3-2-4-6-18)23(27(28,29)30)14-24-22-10-8-19-13-17(15-33-12-11-20(34)16-33)7-9-21(19)25(22)32-35-24/h2-7,9,13,20,34H,1,8,10-12,14-16H2/b26-23+. The number of aryl methyl sites for hydroxylation is 1. The third-order valence-corrected chi connectivity index (χ3v) is 6.74. The first-order chi connectivity index (χ1) is 17.3. The average Bonchev–Trinajstić information content (AvgIpc) is 3.46. The first-order valence-electron chi connectivity index (χ1n) is 11.8. The van der Waals surface area contributed by atoms with Crippen LogP contribution < -0.4 is 0 Å². The van der Waals surface area contributed by atoms with Crippen molar-refractivity contribution >= 4 is 12.5 Å². The van der Waals surface area contributed by atoms with Crippen LogP contribution in [0, 0.1) is 0 Å². The van der Waals surface area contributed by atoms with E-state index in [0.717, 1.165) is 36.2 Å². The Balaban J connectivity index is 1.46. The van der Waals surface area contributed by atoms with Gasteiger partial charge < -0.3 is 14.5 Å². The van der Waals surface area contributed by atoms with Gasteiger partial charge in [0, 0.05) is 49.5 Å². The van der Waals surface area contributed by atoms with E-state index in [-0.39, 0.29) is 17.4 Å². The van der Waals surface area contributed by atoms with Gasteiger partial charge in [0.1, 0.15) is 11.5 Å². The molecule has 1 atom stereocenters. The summed E-state index contributed by atoms with van der Waals surface area (Å²) in [6.07, 6.45) is -3.50. The van der Waals surface area contributed by atoms with Gasteiger partial charge in [-0.3, -0.25) is 4.90 Å². The van der Waals surface area contributed by atoms with Crippen molar-refractivity contribution in [1.29, 1.82) is 0 Å². The number of aromatic nitrogens is 1. The summed E-state index contributed by atoms with van der Waals surface area (Å²) >= 11 is 0. The third-order valence-electron chi connectivity index (χ3n) is 6.74. The topological polar surface area (TPSA) is 71.1 Å². The van der Waals surface area contributed by atoms with Crippen LogP contribution in [0.25, 0.3) is 17.0 Å². The number of oxime groups is 1. The van der Waals surface area contributed by atoms with Crippen molar-refractivity contribution in [1.82, 2.24) is 10.1 Å². The Morgan fingerprint density at radius 1 is 1.19 bits per heavy atom. The Morgan fingerprint density at radius 3 is 2.69 bits per heavy atom. The van der Waals surface area contributed by atoms with Crippen molar-refractivity contribution < 1.29 is 27.6 Å². The molecule has 1 fully saturated rings. The smallest absolute Gasteiger partial charge is 0.392 e. The highest BCUT2D eigenvalue weighted by molar-refractivity contribution is 5.71. The van der Waals surface area contributed by atoms with Gasteiger partial charge in [-0.2, -0.15) is 13.2 Å². The van der Waals surface area contributed by atoms with Crippen molar-refractivity contribution in [2.45, 2.75) is 44.5 Å². The SMILES string of the molecule is C=NO/C(=C(\Cc1onc2c1CCc1cc(CN3CCC(O)C3)ccc1-2)C(F)(F)F)c1ccccc1. The Hall–Kier alpha value is -3.43. The summed E-state index contributed by atoms with van der Waals surface area (Å²) in [5.74, 6) is -0.240. The number of nitrogens with zero attached hydrogens (tertiary/aromatic N) is 3. The number of β-amino-alcohol motifs (C(OH)–C–C–N with tert-alkyl or cyclic N) is 1. The molecule has 1 N–H and O–H groups in total. The molecule has 5 rings (SSSR count). The number of benzene rings is 2. The molecule has 1 aromatic heterocycles. The number of rotatable bonds is 7. The molecule has 1 aliphatic carbocycles. The van der Waals surface area contributed by atoms with Crippen molar-refractivity contribution in [3.8, 4) is 11.3 Å². The van der Waals surface area contributed by atoms with Gasteiger partial charge in [0.2, 0.25) is 0 Å². The molecule has 1 aliphatic heterocycles. The van der Waals surface area contributed by atoms with Gasteiger partial charge in [-0.15, -0.1) is 0 Å². The molecule has 2 aliphatic rings. The molecule has 0 spiro atoms. The van der Waals surface area contributed by atoms with Crippen LogP contribution >= 0.6 is 0 Å². The number of likely N-dealkylation sites (tertiary alicyclic amines) is 1. The lowest BCUT2D eigenvalue weighted by Gasteiger charge is -2.20. The maximum absolute atomic E-state index is 14.2. The first kappa shape index (κ1) is 24.3. The van der Waals surface area contributed by atoms with E-state index in [1.54, 1.807) is 18.2 Å². The first-order valence-corrected chi connectivity index (χ1v) is 11.8. The number of aliphatic hydroxyl groups is 1. The fourth-order valence-corrected chi connectivity index (χ4v) is 5.01. The van der Waals surface area contributed by atoms with E-state index in [0.29, 0.717) is 30.6 Å². The highest BCUT2D eigenvalue weighted by Crippen LogP contribution is 2.40.